The predicted molar refractivity (Wildman–Crippen MR) is 60.9 cm³/mol. The molecule has 2 aromatic heterocycles. The fourth-order valence-electron chi connectivity index (χ4n) is 1.32. The molecule has 2 rings (SSSR count). The van der Waals surface area contributed by atoms with Crippen molar-refractivity contribution in [3.63, 3.8) is 0 Å². The molecule has 0 saturated heterocycles. The van der Waals surface area contributed by atoms with Gasteiger partial charge in [0.15, 0.2) is 5.82 Å². The van der Waals surface area contributed by atoms with Gasteiger partial charge in [0.1, 0.15) is 5.82 Å². The second-order valence-electron chi connectivity index (χ2n) is 3.40. The van der Waals surface area contributed by atoms with Gasteiger partial charge in [0, 0.05) is 6.20 Å². The highest BCUT2D eigenvalue weighted by Crippen LogP contribution is 2.18. The summed E-state index contributed by atoms with van der Waals surface area (Å²) < 4.78 is 1.18. The Bertz CT molecular complexity index is 635. The molecule has 9 nitrogen and oxygen atoms in total. The van der Waals surface area contributed by atoms with Crippen molar-refractivity contribution >= 4 is 17.4 Å². The largest absolute Gasteiger partial charge is 0.383 e. The van der Waals surface area contributed by atoms with E-state index in [-0.39, 0.29) is 22.9 Å². The quantitative estimate of drug-likeness (QED) is 0.571. The molecule has 0 aliphatic heterocycles. The van der Waals surface area contributed by atoms with E-state index < -0.39 is 10.8 Å². The van der Waals surface area contributed by atoms with E-state index >= 15 is 0 Å². The minimum absolute atomic E-state index is 0.0182. The average Bonchev–Trinajstić information content (AvgIpc) is 2.77. The number of hydrogen-bond acceptors (Lipinski definition) is 6. The lowest BCUT2D eigenvalue weighted by atomic mass is 10.3. The Kier molecular flexibility index (Phi) is 2.64. The van der Waals surface area contributed by atoms with Crippen LogP contribution in [0.5, 0.6) is 0 Å². The van der Waals surface area contributed by atoms with Gasteiger partial charge < -0.3 is 11.5 Å². The van der Waals surface area contributed by atoms with Crippen LogP contribution in [-0.4, -0.2) is 25.6 Å². The minimum Gasteiger partial charge on any atom is -0.383 e. The summed E-state index contributed by atoms with van der Waals surface area (Å²) in [5, 5.41) is 14.5. The van der Waals surface area contributed by atoms with Crippen LogP contribution >= 0.6 is 0 Å². The zero-order chi connectivity index (χ0) is 13.3. The van der Waals surface area contributed by atoms with Crippen molar-refractivity contribution in [2.24, 2.45) is 5.73 Å². The van der Waals surface area contributed by atoms with E-state index in [2.05, 4.69) is 10.1 Å². The molecule has 0 radical (unpaired) electrons. The maximum atomic E-state index is 10.9. The van der Waals surface area contributed by atoms with Crippen LogP contribution in [0, 0.1) is 10.1 Å². The molecule has 0 aliphatic carbocycles. The Balaban J connectivity index is 2.49. The number of nitro groups is 1. The summed E-state index contributed by atoms with van der Waals surface area (Å²) in [6.45, 7) is 0. The molecule has 0 spiro atoms. The molecule has 4 N–H and O–H groups in total. The van der Waals surface area contributed by atoms with Gasteiger partial charge in [-0.2, -0.15) is 5.10 Å². The van der Waals surface area contributed by atoms with Gasteiger partial charge in [0.05, 0.1) is 28.8 Å². The highest BCUT2D eigenvalue weighted by atomic mass is 16.6. The maximum Gasteiger partial charge on any atom is 0.276 e. The van der Waals surface area contributed by atoms with Crippen LogP contribution in [0.3, 0.4) is 0 Å². The Morgan fingerprint density at radius 1 is 1.44 bits per heavy atom. The number of anilines is 1. The van der Waals surface area contributed by atoms with Crippen LogP contribution in [0.15, 0.2) is 24.5 Å². The van der Waals surface area contributed by atoms with E-state index in [9.17, 15) is 14.9 Å². The SMILES string of the molecule is NC(=O)c1cnn(-c2cc([N+](=O)[O-])cc(N)n2)c1. The Labute approximate surface area is 100 Å². The Hall–Kier alpha value is -2.97. The van der Waals surface area contributed by atoms with Crippen molar-refractivity contribution in [3.8, 4) is 5.82 Å². The predicted octanol–water partition coefficient (Wildman–Crippen LogP) is -0.143. The van der Waals surface area contributed by atoms with Gasteiger partial charge in [0.25, 0.3) is 11.6 Å². The lowest BCUT2D eigenvalue weighted by Gasteiger charge is -2.01. The average molecular weight is 248 g/mol. The summed E-state index contributed by atoms with van der Waals surface area (Å²) in [6.07, 6.45) is 2.55. The number of nitrogen functional groups attached to an aromatic ring is 1. The Morgan fingerprint density at radius 2 is 2.17 bits per heavy atom. The number of amides is 1. The number of aromatic nitrogens is 3. The van der Waals surface area contributed by atoms with E-state index in [0.717, 1.165) is 6.07 Å². The van der Waals surface area contributed by atoms with Gasteiger partial charge in [-0.3, -0.25) is 14.9 Å². The molecule has 9 heteroatoms. The summed E-state index contributed by atoms with van der Waals surface area (Å²) in [5.74, 6) is -0.538. The van der Waals surface area contributed by atoms with E-state index in [4.69, 9.17) is 11.5 Å². The van der Waals surface area contributed by atoms with Crippen molar-refractivity contribution in [1.29, 1.82) is 0 Å². The zero-order valence-electron chi connectivity index (χ0n) is 8.98. The second-order valence-corrected chi connectivity index (χ2v) is 3.40. The summed E-state index contributed by atoms with van der Waals surface area (Å²) in [6, 6.07) is 2.32. The monoisotopic (exact) mass is 248 g/mol. The molecular formula is C9H8N6O3. The lowest BCUT2D eigenvalue weighted by Crippen LogP contribution is -2.09. The number of hydrogen-bond donors (Lipinski definition) is 2. The molecule has 0 unspecified atom stereocenters. The van der Waals surface area contributed by atoms with Gasteiger partial charge in [-0.25, -0.2) is 9.67 Å². The topological polar surface area (TPSA) is 143 Å². The fraction of sp³-hybridized carbons (Fsp3) is 0. The number of carbonyl (C=O) groups is 1. The highest BCUT2D eigenvalue weighted by Gasteiger charge is 2.12. The van der Waals surface area contributed by atoms with Crippen molar-refractivity contribution in [2.75, 3.05) is 5.73 Å². The number of rotatable bonds is 3. The molecule has 1 amide bonds. The fourth-order valence-corrected chi connectivity index (χ4v) is 1.32. The third kappa shape index (κ3) is 2.09. The third-order valence-electron chi connectivity index (χ3n) is 2.13. The zero-order valence-corrected chi connectivity index (χ0v) is 8.98. The summed E-state index contributed by atoms with van der Waals surface area (Å²) in [7, 11) is 0. The summed E-state index contributed by atoms with van der Waals surface area (Å²) in [4.78, 5) is 24.9. The molecule has 2 aromatic rings. The molecule has 92 valence electrons. The number of nitrogens with zero attached hydrogens (tertiary/aromatic N) is 4. The Morgan fingerprint density at radius 3 is 2.72 bits per heavy atom. The second kappa shape index (κ2) is 4.13. The highest BCUT2D eigenvalue weighted by molar-refractivity contribution is 5.92. The molecule has 18 heavy (non-hydrogen) atoms. The van der Waals surface area contributed by atoms with Gasteiger partial charge in [-0.15, -0.1) is 0 Å². The lowest BCUT2D eigenvalue weighted by molar-refractivity contribution is -0.384. The molecular weight excluding hydrogens is 240 g/mol. The first-order chi connectivity index (χ1) is 8.47. The summed E-state index contributed by atoms with van der Waals surface area (Å²) >= 11 is 0. The van der Waals surface area contributed by atoms with Crippen LogP contribution in [-0.2, 0) is 0 Å². The molecule has 0 aromatic carbocycles. The van der Waals surface area contributed by atoms with Crippen LogP contribution in [0.1, 0.15) is 10.4 Å². The molecule has 0 aliphatic rings. The van der Waals surface area contributed by atoms with Crippen molar-refractivity contribution in [2.45, 2.75) is 0 Å². The van der Waals surface area contributed by atoms with Crippen molar-refractivity contribution < 1.29 is 9.72 Å². The smallest absolute Gasteiger partial charge is 0.276 e. The maximum absolute atomic E-state index is 10.9. The van der Waals surface area contributed by atoms with E-state index in [1.165, 1.54) is 23.1 Å². The van der Waals surface area contributed by atoms with Crippen molar-refractivity contribution in [3.05, 3.63) is 40.2 Å². The van der Waals surface area contributed by atoms with E-state index in [0.29, 0.717) is 0 Å². The number of nitrogens with two attached hydrogens (primary N) is 2. The molecule has 2 heterocycles. The van der Waals surface area contributed by atoms with E-state index in [1.807, 2.05) is 0 Å². The standard InChI is InChI=1S/C9H8N6O3/c10-7-1-6(15(17)18)2-8(13-7)14-4-5(3-12-14)9(11)16/h1-4H,(H2,10,13)(H2,11,16). The van der Waals surface area contributed by atoms with Gasteiger partial charge in [-0.1, -0.05) is 0 Å². The summed E-state index contributed by atoms with van der Waals surface area (Å²) in [5.41, 5.74) is 10.5. The number of pyridine rings is 1. The third-order valence-corrected chi connectivity index (χ3v) is 2.13. The van der Waals surface area contributed by atoms with Crippen LogP contribution in [0.2, 0.25) is 0 Å². The van der Waals surface area contributed by atoms with E-state index in [1.54, 1.807) is 0 Å². The molecule has 0 saturated carbocycles. The normalized spacial score (nSPS) is 10.2. The first-order valence-corrected chi connectivity index (χ1v) is 4.74. The molecule has 0 fully saturated rings. The molecule has 0 atom stereocenters. The van der Waals surface area contributed by atoms with Gasteiger partial charge in [0.2, 0.25) is 0 Å². The number of carbonyl (C=O) groups excluding carboxylic acids is 1. The number of primary amides is 1. The van der Waals surface area contributed by atoms with Gasteiger partial charge in [-0.05, 0) is 0 Å². The van der Waals surface area contributed by atoms with Crippen LogP contribution in [0.4, 0.5) is 11.5 Å². The first-order valence-electron chi connectivity index (χ1n) is 4.74. The molecule has 0 bridgehead atoms. The first kappa shape index (κ1) is 11.5. The van der Waals surface area contributed by atoms with Crippen molar-refractivity contribution in [1.82, 2.24) is 14.8 Å². The van der Waals surface area contributed by atoms with Gasteiger partial charge >= 0.3 is 0 Å². The van der Waals surface area contributed by atoms with Crippen LogP contribution in [0.25, 0.3) is 5.82 Å². The van der Waals surface area contributed by atoms with Crippen LogP contribution < -0.4 is 11.5 Å². The minimum atomic E-state index is -0.653.